The van der Waals surface area contributed by atoms with E-state index in [0.29, 0.717) is 12.1 Å². The normalized spacial score (nSPS) is 26.0. The minimum absolute atomic E-state index is 0.349. The summed E-state index contributed by atoms with van der Waals surface area (Å²) in [5, 5.41) is 0. The van der Waals surface area contributed by atoms with Crippen LogP contribution in [0.25, 0.3) is 0 Å². The maximum absolute atomic E-state index is 6.11. The van der Waals surface area contributed by atoms with Crippen molar-refractivity contribution in [2.24, 2.45) is 0 Å². The predicted molar refractivity (Wildman–Crippen MR) is 91.4 cm³/mol. The van der Waals surface area contributed by atoms with E-state index in [1.165, 1.54) is 5.56 Å². The molecule has 2 aromatic heterocycles. The number of rotatable bonds is 4. The second-order valence-corrected chi connectivity index (χ2v) is 6.74. The molecule has 24 heavy (non-hydrogen) atoms. The number of morpholine rings is 1. The molecule has 0 N–H and O–H groups in total. The summed E-state index contributed by atoms with van der Waals surface area (Å²) in [5.74, 6) is 1.05. The predicted octanol–water partition coefficient (Wildman–Crippen LogP) is 2.54. The lowest BCUT2D eigenvalue weighted by Crippen LogP contribution is -2.50. The summed E-state index contributed by atoms with van der Waals surface area (Å²) in [7, 11) is 0. The van der Waals surface area contributed by atoms with E-state index >= 15 is 0 Å². The van der Waals surface area contributed by atoms with E-state index in [0.717, 1.165) is 57.9 Å². The Morgan fingerprint density at radius 2 is 1.92 bits per heavy atom. The molecule has 2 fully saturated rings. The molecule has 2 aliphatic heterocycles. The van der Waals surface area contributed by atoms with Crippen molar-refractivity contribution in [1.82, 2.24) is 14.8 Å². The molecule has 0 spiro atoms. The van der Waals surface area contributed by atoms with Crippen molar-refractivity contribution in [2.45, 2.75) is 38.1 Å². The molecule has 4 rings (SSSR count). The lowest BCUT2D eigenvalue weighted by atomic mass is 10.0. The lowest BCUT2D eigenvalue weighted by molar-refractivity contribution is -0.0747. The summed E-state index contributed by atoms with van der Waals surface area (Å²) in [6, 6.07) is 8.76. The maximum Gasteiger partial charge on any atom is 0.117 e. The molecule has 2 saturated heterocycles. The smallest absolute Gasteiger partial charge is 0.117 e. The minimum atomic E-state index is 0.349. The van der Waals surface area contributed by atoms with Gasteiger partial charge in [0, 0.05) is 44.6 Å². The number of aromatic nitrogens is 1. The number of hydrogen-bond donors (Lipinski definition) is 0. The Morgan fingerprint density at radius 1 is 1.04 bits per heavy atom. The quantitative estimate of drug-likeness (QED) is 0.863. The molecule has 2 unspecified atom stereocenters. The van der Waals surface area contributed by atoms with Gasteiger partial charge in [-0.1, -0.05) is 0 Å². The van der Waals surface area contributed by atoms with E-state index in [4.69, 9.17) is 9.15 Å². The Balaban J connectivity index is 1.40. The van der Waals surface area contributed by atoms with Crippen molar-refractivity contribution in [3.8, 4) is 0 Å². The number of likely N-dealkylation sites (tertiary alicyclic amines) is 1. The van der Waals surface area contributed by atoms with Crippen LogP contribution in [0.2, 0.25) is 0 Å². The zero-order valence-electron chi connectivity index (χ0n) is 14.0. The van der Waals surface area contributed by atoms with Gasteiger partial charge in [-0.25, -0.2) is 0 Å². The highest BCUT2D eigenvalue weighted by Crippen LogP contribution is 2.26. The molecule has 0 radical (unpaired) electrons. The summed E-state index contributed by atoms with van der Waals surface area (Å²) in [6.07, 6.45) is 8.11. The standard InChI is InChI=1S/C19H25N3O2/c1-2-17(23-12-1)15-21-9-5-18-19(6-10-21)24-13-11-22(18)14-16-3-7-20-8-4-16/h1-4,7-8,12,18-19H,5-6,9-11,13-15H2. The van der Waals surface area contributed by atoms with Crippen molar-refractivity contribution < 1.29 is 9.15 Å². The molecule has 2 atom stereocenters. The van der Waals surface area contributed by atoms with Crippen LogP contribution in [0.5, 0.6) is 0 Å². The van der Waals surface area contributed by atoms with Gasteiger partial charge in [0.1, 0.15) is 5.76 Å². The fraction of sp³-hybridized carbons (Fsp3) is 0.526. The van der Waals surface area contributed by atoms with E-state index in [1.807, 2.05) is 18.5 Å². The number of hydrogen-bond acceptors (Lipinski definition) is 5. The third-order valence-corrected chi connectivity index (χ3v) is 5.17. The van der Waals surface area contributed by atoms with Crippen LogP contribution in [0, 0.1) is 0 Å². The number of fused-ring (bicyclic) bond motifs is 1. The van der Waals surface area contributed by atoms with Crippen molar-refractivity contribution in [2.75, 3.05) is 26.2 Å². The largest absolute Gasteiger partial charge is 0.468 e. The number of ether oxygens (including phenoxy) is 1. The number of pyridine rings is 1. The van der Waals surface area contributed by atoms with Crippen LogP contribution in [0.4, 0.5) is 0 Å². The third kappa shape index (κ3) is 3.69. The molecule has 0 amide bonds. The molecule has 4 heterocycles. The average molecular weight is 327 g/mol. The first-order valence-corrected chi connectivity index (χ1v) is 8.88. The maximum atomic E-state index is 6.11. The SMILES string of the molecule is c1coc(CN2CCC3OCCN(Cc4ccncc4)C3CC2)c1. The molecule has 5 nitrogen and oxygen atoms in total. The highest BCUT2D eigenvalue weighted by molar-refractivity contribution is 5.10. The second-order valence-electron chi connectivity index (χ2n) is 6.74. The van der Waals surface area contributed by atoms with Crippen molar-refractivity contribution in [3.63, 3.8) is 0 Å². The van der Waals surface area contributed by atoms with Gasteiger partial charge in [0.25, 0.3) is 0 Å². The molecule has 2 aromatic rings. The second kappa shape index (κ2) is 7.47. The van der Waals surface area contributed by atoms with E-state index in [2.05, 4.69) is 33.0 Å². The minimum Gasteiger partial charge on any atom is -0.468 e. The Morgan fingerprint density at radius 3 is 2.75 bits per heavy atom. The highest BCUT2D eigenvalue weighted by Gasteiger charge is 2.34. The summed E-state index contributed by atoms with van der Waals surface area (Å²) in [5.41, 5.74) is 1.34. The van der Waals surface area contributed by atoms with E-state index in [-0.39, 0.29) is 0 Å². The van der Waals surface area contributed by atoms with E-state index in [9.17, 15) is 0 Å². The lowest BCUT2D eigenvalue weighted by Gasteiger charge is -2.40. The summed E-state index contributed by atoms with van der Waals surface area (Å²) < 4.78 is 11.6. The first-order valence-electron chi connectivity index (χ1n) is 8.88. The van der Waals surface area contributed by atoms with Gasteiger partial charge in [0.05, 0.1) is 25.5 Å². The highest BCUT2D eigenvalue weighted by atomic mass is 16.5. The van der Waals surface area contributed by atoms with Gasteiger partial charge >= 0.3 is 0 Å². The molecular formula is C19H25N3O2. The Labute approximate surface area is 143 Å². The van der Waals surface area contributed by atoms with Crippen LogP contribution in [0.1, 0.15) is 24.2 Å². The molecule has 128 valence electrons. The average Bonchev–Trinajstić information content (AvgIpc) is 3.03. The molecule has 0 aliphatic carbocycles. The van der Waals surface area contributed by atoms with Crippen LogP contribution >= 0.6 is 0 Å². The van der Waals surface area contributed by atoms with Crippen LogP contribution in [0.3, 0.4) is 0 Å². The molecule has 5 heteroatoms. The van der Waals surface area contributed by atoms with Gasteiger partial charge in [-0.15, -0.1) is 0 Å². The number of furan rings is 1. The van der Waals surface area contributed by atoms with Crippen LogP contribution < -0.4 is 0 Å². The Hall–Kier alpha value is -1.69. The van der Waals surface area contributed by atoms with Gasteiger partial charge < -0.3 is 9.15 Å². The Bertz CT molecular complexity index is 617. The van der Waals surface area contributed by atoms with Crippen molar-refractivity contribution in [3.05, 3.63) is 54.2 Å². The van der Waals surface area contributed by atoms with Gasteiger partial charge in [0.15, 0.2) is 0 Å². The summed E-state index contributed by atoms with van der Waals surface area (Å²) >= 11 is 0. The zero-order valence-corrected chi connectivity index (χ0v) is 14.0. The fourth-order valence-electron chi connectivity index (χ4n) is 3.91. The van der Waals surface area contributed by atoms with Crippen molar-refractivity contribution in [1.29, 1.82) is 0 Å². The fourth-order valence-corrected chi connectivity index (χ4v) is 3.91. The molecule has 0 saturated carbocycles. The van der Waals surface area contributed by atoms with Crippen molar-refractivity contribution >= 4 is 0 Å². The van der Waals surface area contributed by atoms with Gasteiger partial charge in [-0.2, -0.15) is 0 Å². The monoisotopic (exact) mass is 327 g/mol. The van der Waals surface area contributed by atoms with Crippen LogP contribution in [-0.2, 0) is 17.8 Å². The van der Waals surface area contributed by atoms with E-state index in [1.54, 1.807) is 6.26 Å². The zero-order chi connectivity index (χ0) is 16.2. The summed E-state index contributed by atoms with van der Waals surface area (Å²) in [4.78, 5) is 9.21. The van der Waals surface area contributed by atoms with E-state index < -0.39 is 0 Å². The summed E-state index contributed by atoms with van der Waals surface area (Å²) in [6.45, 7) is 5.91. The van der Waals surface area contributed by atoms with Crippen LogP contribution in [-0.4, -0.2) is 53.2 Å². The van der Waals surface area contributed by atoms with Gasteiger partial charge in [0.2, 0.25) is 0 Å². The topological polar surface area (TPSA) is 41.7 Å². The molecule has 0 bridgehead atoms. The first kappa shape index (κ1) is 15.8. The number of nitrogens with zero attached hydrogens (tertiary/aromatic N) is 3. The van der Waals surface area contributed by atoms with Gasteiger partial charge in [-0.05, 0) is 42.7 Å². The Kier molecular flexibility index (Phi) is 4.92. The first-order chi connectivity index (χ1) is 11.9. The molecule has 0 aromatic carbocycles. The van der Waals surface area contributed by atoms with Gasteiger partial charge in [-0.3, -0.25) is 14.8 Å². The molecule has 2 aliphatic rings. The third-order valence-electron chi connectivity index (χ3n) is 5.17. The van der Waals surface area contributed by atoms with Crippen LogP contribution in [0.15, 0.2) is 47.3 Å². The molecular weight excluding hydrogens is 302 g/mol.